The molecule has 0 saturated carbocycles. The van der Waals surface area contributed by atoms with Gasteiger partial charge in [0.25, 0.3) is 0 Å². The maximum atomic E-state index is 11.4. The van der Waals surface area contributed by atoms with Gasteiger partial charge in [-0.2, -0.15) is 0 Å². The van der Waals surface area contributed by atoms with E-state index in [9.17, 15) is 4.79 Å². The van der Waals surface area contributed by atoms with Crippen LogP contribution in [-0.4, -0.2) is 12.6 Å². The fourth-order valence-electron chi connectivity index (χ4n) is 1.33. The van der Waals surface area contributed by atoms with Gasteiger partial charge in [0.1, 0.15) is 0 Å². The number of unbranched alkanes of at least 4 members (excludes halogenated alkanes) is 1. The van der Waals surface area contributed by atoms with Gasteiger partial charge in [0.2, 0.25) is 0 Å². The highest BCUT2D eigenvalue weighted by Crippen LogP contribution is 2.08. The Bertz CT molecular complexity index is 350. The molecule has 1 aromatic rings. The zero-order valence-corrected chi connectivity index (χ0v) is 9.90. The molecule has 2 nitrogen and oxygen atoms in total. The van der Waals surface area contributed by atoms with Crippen LogP contribution >= 0.6 is 0 Å². The Morgan fingerprint density at radius 1 is 1.25 bits per heavy atom. The van der Waals surface area contributed by atoms with Crippen molar-refractivity contribution in [1.29, 1.82) is 0 Å². The predicted molar refractivity (Wildman–Crippen MR) is 66.3 cm³/mol. The Morgan fingerprint density at radius 2 is 1.94 bits per heavy atom. The van der Waals surface area contributed by atoms with Gasteiger partial charge in [-0.3, -0.25) is 0 Å². The average molecular weight is 218 g/mol. The highest BCUT2D eigenvalue weighted by Gasteiger charge is 2.04. The number of hydrogen-bond donors (Lipinski definition) is 0. The molecule has 0 unspecified atom stereocenters. The lowest BCUT2D eigenvalue weighted by molar-refractivity contribution is 0.0526. The molecule has 0 atom stereocenters. The molecule has 0 aliphatic rings. The topological polar surface area (TPSA) is 26.3 Å². The van der Waals surface area contributed by atoms with Crippen molar-refractivity contribution in [1.82, 2.24) is 0 Å². The SMILES string of the molecule is CCCC=Cc1ccc(C(=O)OCC)cc1. The Kier molecular flexibility index (Phi) is 5.34. The monoisotopic (exact) mass is 218 g/mol. The summed E-state index contributed by atoms with van der Waals surface area (Å²) in [5.74, 6) is -0.258. The summed E-state index contributed by atoms with van der Waals surface area (Å²) in [5, 5.41) is 0. The molecular formula is C14H18O2. The smallest absolute Gasteiger partial charge is 0.338 e. The number of rotatable bonds is 5. The minimum absolute atomic E-state index is 0.258. The summed E-state index contributed by atoms with van der Waals surface area (Å²) in [5.41, 5.74) is 1.72. The number of benzene rings is 1. The molecule has 0 aromatic heterocycles. The molecule has 1 rings (SSSR count). The minimum atomic E-state index is -0.258. The zero-order chi connectivity index (χ0) is 11.8. The molecule has 0 aliphatic heterocycles. The fraction of sp³-hybridized carbons (Fsp3) is 0.357. The molecule has 1 aromatic carbocycles. The van der Waals surface area contributed by atoms with Crippen LogP contribution in [0.2, 0.25) is 0 Å². The van der Waals surface area contributed by atoms with Crippen LogP contribution in [0, 0.1) is 0 Å². The van der Waals surface area contributed by atoms with Gasteiger partial charge in [-0.05, 0) is 31.0 Å². The Labute approximate surface area is 96.9 Å². The van der Waals surface area contributed by atoms with Gasteiger partial charge in [-0.25, -0.2) is 4.79 Å². The molecule has 2 heteroatoms. The normalized spacial score (nSPS) is 10.6. The predicted octanol–water partition coefficient (Wildman–Crippen LogP) is 3.68. The number of esters is 1. The largest absolute Gasteiger partial charge is 0.462 e. The summed E-state index contributed by atoms with van der Waals surface area (Å²) in [4.78, 5) is 11.4. The van der Waals surface area contributed by atoms with Crippen LogP contribution in [0.4, 0.5) is 0 Å². The van der Waals surface area contributed by atoms with Crippen LogP contribution in [0.1, 0.15) is 42.6 Å². The second kappa shape index (κ2) is 6.83. The second-order valence-corrected chi connectivity index (χ2v) is 3.53. The molecule has 0 bridgehead atoms. The number of carbonyl (C=O) groups is 1. The first-order valence-electron chi connectivity index (χ1n) is 5.71. The molecule has 0 N–H and O–H groups in total. The third-order valence-corrected chi connectivity index (χ3v) is 2.19. The summed E-state index contributed by atoms with van der Waals surface area (Å²) in [6, 6.07) is 7.45. The number of hydrogen-bond acceptors (Lipinski definition) is 2. The molecule has 0 heterocycles. The molecule has 0 aliphatic carbocycles. The van der Waals surface area contributed by atoms with Crippen molar-refractivity contribution in [2.75, 3.05) is 6.61 Å². The molecule has 16 heavy (non-hydrogen) atoms. The highest BCUT2D eigenvalue weighted by atomic mass is 16.5. The van der Waals surface area contributed by atoms with Crippen molar-refractivity contribution in [2.45, 2.75) is 26.7 Å². The van der Waals surface area contributed by atoms with Gasteiger partial charge < -0.3 is 4.74 Å². The van der Waals surface area contributed by atoms with E-state index in [0.29, 0.717) is 12.2 Å². The lowest BCUT2D eigenvalue weighted by Gasteiger charge is -2.01. The maximum Gasteiger partial charge on any atom is 0.338 e. The number of allylic oxidation sites excluding steroid dienone is 1. The van der Waals surface area contributed by atoms with Crippen molar-refractivity contribution in [3.63, 3.8) is 0 Å². The molecule has 0 spiro atoms. The number of carbonyl (C=O) groups excluding carboxylic acids is 1. The van der Waals surface area contributed by atoms with E-state index in [-0.39, 0.29) is 5.97 Å². The van der Waals surface area contributed by atoms with Crippen LogP contribution in [0.25, 0.3) is 6.08 Å². The summed E-state index contributed by atoms with van der Waals surface area (Å²) in [7, 11) is 0. The third-order valence-electron chi connectivity index (χ3n) is 2.19. The van der Waals surface area contributed by atoms with E-state index in [1.54, 1.807) is 19.1 Å². The van der Waals surface area contributed by atoms with Crippen molar-refractivity contribution < 1.29 is 9.53 Å². The van der Waals surface area contributed by atoms with Crippen molar-refractivity contribution in [3.05, 3.63) is 41.5 Å². The molecular weight excluding hydrogens is 200 g/mol. The first-order valence-corrected chi connectivity index (χ1v) is 5.71. The zero-order valence-electron chi connectivity index (χ0n) is 9.90. The minimum Gasteiger partial charge on any atom is -0.462 e. The Morgan fingerprint density at radius 3 is 2.50 bits per heavy atom. The van der Waals surface area contributed by atoms with Gasteiger partial charge in [0.05, 0.1) is 12.2 Å². The summed E-state index contributed by atoms with van der Waals surface area (Å²) >= 11 is 0. The molecule has 0 radical (unpaired) electrons. The van der Waals surface area contributed by atoms with Gasteiger partial charge in [0, 0.05) is 0 Å². The molecule has 0 fully saturated rings. The van der Waals surface area contributed by atoms with Gasteiger partial charge >= 0.3 is 5.97 Å². The van der Waals surface area contributed by atoms with Crippen molar-refractivity contribution in [2.24, 2.45) is 0 Å². The summed E-state index contributed by atoms with van der Waals surface area (Å²) < 4.78 is 4.91. The van der Waals surface area contributed by atoms with E-state index in [1.807, 2.05) is 12.1 Å². The summed E-state index contributed by atoms with van der Waals surface area (Å²) in [6.45, 7) is 4.37. The van der Waals surface area contributed by atoms with E-state index < -0.39 is 0 Å². The third kappa shape index (κ3) is 3.89. The molecule has 86 valence electrons. The van der Waals surface area contributed by atoms with Crippen LogP contribution < -0.4 is 0 Å². The van der Waals surface area contributed by atoms with Gasteiger partial charge in [-0.1, -0.05) is 37.6 Å². The second-order valence-electron chi connectivity index (χ2n) is 3.53. The maximum absolute atomic E-state index is 11.4. The Hall–Kier alpha value is -1.57. The van der Waals surface area contributed by atoms with E-state index in [0.717, 1.165) is 18.4 Å². The van der Waals surface area contributed by atoms with E-state index in [1.165, 1.54) is 0 Å². The summed E-state index contributed by atoms with van der Waals surface area (Å²) in [6.07, 6.45) is 6.44. The quantitative estimate of drug-likeness (QED) is 0.705. The van der Waals surface area contributed by atoms with Crippen LogP contribution in [0.15, 0.2) is 30.3 Å². The molecule has 0 amide bonds. The van der Waals surface area contributed by atoms with Crippen molar-refractivity contribution >= 4 is 12.0 Å². The van der Waals surface area contributed by atoms with Gasteiger partial charge in [-0.15, -0.1) is 0 Å². The highest BCUT2D eigenvalue weighted by molar-refractivity contribution is 5.89. The standard InChI is InChI=1S/C14H18O2/c1-3-5-6-7-12-8-10-13(11-9-12)14(15)16-4-2/h6-11H,3-5H2,1-2H3. The van der Waals surface area contributed by atoms with E-state index >= 15 is 0 Å². The molecule has 0 saturated heterocycles. The van der Waals surface area contributed by atoms with Crippen molar-refractivity contribution in [3.8, 4) is 0 Å². The van der Waals surface area contributed by atoms with Crippen LogP contribution in [-0.2, 0) is 4.74 Å². The van der Waals surface area contributed by atoms with E-state index in [4.69, 9.17) is 4.74 Å². The van der Waals surface area contributed by atoms with Crippen LogP contribution in [0.3, 0.4) is 0 Å². The van der Waals surface area contributed by atoms with E-state index in [2.05, 4.69) is 19.1 Å². The number of ether oxygens (including phenoxy) is 1. The van der Waals surface area contributed by atoms with Crippen LogP contribution in [0.5, 0.6) is 0 Å². The fourth-order valence-corrected chi connectivity index (χ4v) is 1.33. The van der Waals surface area contributed by atoms with Gasteiger partial charge in [0.15, 0.2) is 0 Å². The average Bonchev–Trinajstić information content (AvgIpc) is 2.30. The first kappa shape index (κ1) is 12.5. The lowest BCUT2D eigenvalue weighted by atomic mass is 10.1. The first-order chi connectivity index (χ1) is 7.77. The lowest BCUT2D eigenvalue weighted by Crippen LogP contribution is -2.03. The Balaban J connectivity index is 2.64.